The highest BCUT2D eigenvalue weighted by atomic mass is 31.2. The van der Waals surface area contributed by atoms with Gasteiger partial charge in [0.1, 0.15) is 48.0 Å². The molecule has 3 rings (SSSR count). The van der Waals surface area contributed by atoms with Crippen LogP contribution in [0.1, 0.15) is 142 Å². The van der Waals surface area contributed by atoms with Crippen molar-refractivity contribution in [1.29, 1.82) is 0 Å². The van der Waals surface area contributed by atoms with E-state index in [0.29, 0.717) is 12.0 Å². The third-order valence-corrected chi connectivity index (χ3v) is 14.5. The Labute approximate surface area is 424 Å². The molecule has 0 spiro atoms. The van der Waals surface area contributed by atoms with E-state index in [2.05, 4.69) is 33.5 Å². The summed E-state index contributed by atoms with van der Waals surface area (Å²) in [7, 11) is -1.04. The smallest absolute Gasteiger partial charge is 0.349 e. The third-order valence-electron chi connectivity index (χ3n) is 12.6. The largest absolute Gasteiger partial charge is 0.507 e. The molecule has 4 bridgehead atoms. The predicted octanol–water partition coefficient (Wildman–Crippen LogP) is 5.07. The first-order chi connectivity index (χ1) is 34.3. The van der Waals surface area contributed by atoms with Gasteiger partial charge in [-0.25, -0.2) is 0 Å². The number of nitrogens with one attached hydrogen (secondary N) is 5. The molecule has 8 N–H and O–H groups in total. The summed E-state index contributed by atoms with van der Waals surface area (Å²) < 4.78 is 23.7. The van der Waals surface area contributed by atoms with Crippen molar-refractivity contribution >= 4 is 48.9 Å². The molecule has 7 amide bonds. The van der Waals surface area contributed by atoms with Crippen molar-refractivity contribution in [1.82, 2.24) is 36.4 Å². The van der Waals surface area contributed by atoms with Gasteiger partial charge in [0.15, 0.2) is 0 Å². The molecule has 20 nitrogen and oxygen atoms in total. The molecule has 72 heavy (non-hydrogen) atoms. The summed E-state index contributed by atoms with van der Waals surface area (Å²) in [6.07, 6.45) is 14.6. The van der Waals surface area contributed by atoms with Crippen molar-refractivity contribution in [3.63, 3.8) is 0 Å². The van der Waals surface area contributed by atoms with Crippen molar-refractivity contribution in [3.8, 4) is 22.6 Å². The highest BCUT2D eigenvalue weighted by Gasteiger charge is 2.35. The van der Waals surface area contributed by atoms with Gasteiger partial charge in [0.05, 0.1) is 26.4 Å². The minimum atomic E-state index is -3.74. The summed E-state index contributed by atoms with van der Waals surface area (Å²) in [4.78, 5) is 97.0. The topological polar surface area (TPSA) is 282 Å². The third kappa shape index (κ3) is 19.1. The number of aliphatic hydroxyl groups excluding tert-OH is 1. The van der Waals surface area contributed by atoms with Gasteiger partial charge in [0.25, 0.3) is 0 Å². The molecule has 0 radical (unpaired) electrons. The molecule has 21 heteroatoms. The zero-order valence-corrected chi connectivity index (χ0v) is 44.2. The molecule has 1 aliphatic heterocycles. The van der Waals surface area contributed by atoms with Gasteiger partial charge in [0.2, 0.25) is 41.4 Å². The van der Waals surface area contributed by atoms with Crippen LogP contribution in [0.2, 0.25) is 0 Å². The van der Waals surface area contributed by atoms with E-state index < -0.39 is 92.7 Å². The van der Waals surface area contributed by atoms with Gasteiger partial charge in [0, 0.05) is 38.1 Å². The molecule has 0 aromatic heterocycles. The van der Waals surface area contributed by atoms with Crippen LogP contribution in [-0.2, 0) is 53.6 Å². The quantitative estimate of drug-likeness (QED) is 0.0391. The average Bonchev–Trinajstić information content (AvgIpc) is 3.34. The molecule has 5 atom stereocenters. The first-order valence-corrected chi connectivity index (χ1v) is 27.2. The Balaban J connectivity index is 1.68. The number of aromatic hydroxyl groups is 2. The van der Waals surface area contributed by atoms with E-state index in [0.717, 1.165) is 29.1 Å². The van der Waals surface area contributed by atoms with E-state index in [1.165, 1.54) is 122 Å². The molecule has 2 aromatic carbocycles. The first kappa shape index (κ1) is 60.7. The SMILES string of the molecule is CCCCCCCCCCCCCCCC(=O)N(C)[C@H](CO)C(=O)N[C@H](C)C(=O)NCC(=O)N(C)[C@@H]1C(=O)N[C@@H](C)C(=O)N[C@H](C(=O)NCP(=O)(OCC)OCC)Cc2ccc(O)c(c2)-c2cc1ccc2O. The number of fused-ring (bicyclic) bond motifs is 5. The number of likely N-dealkylation sites (N-methyl/N-ethyl adjacent to an activating group) is 2. The zero-order valence-electron chi connectivity index (χ0n) is 43.3. The van der Waals surface area contributed by atoms with Crippen LogP contribution in [0.15, 0.2) is 36.4 Å². The van der Waals surface area contributed by atoms with E-state index in [1.54, 1.807) is 13.8 Å². The fourth-order valence-corrected chi connectivity index (χ4v) is 9.71. The summed E-state index contributed by atoms with van der Waals surface area (Å²) in [5, 5.41) is 44.8. The molecule has 2 aromatic rings. The maximum Gasteiger partial charge on any atom is 0.349 e. The van der Waals surface area contributed by atoms with Crippen molar-refractivity contribution in [3.05, 3.63) is 47.5 Å². The maximum atomic E-state index is 14.2. The van der Waals surface area contributed by atoms with Crippen LogP contribution in [-0.4, -0.2) is 137 Å². The van der Waals surface area contributed by atoms with Gasteiger partial charge in [-0.2, -0.15) is 0 Å². The van der Waals surface area contributed by atoms with Crippen LogP contribution in [0, 0.1) is 0 Å². The summed E-state index contributed by atoms with van der Waals surface area (Å²) in [5.74, 6) is -5.70. The monoisotopic (exact) mass is 1030 g/mol. The summed E-state index contributed by atoms with van der Waals surface area (Å²) in [6.45, 7) is 6.88. The number of unbranched alkanes of at least 4 members (excludes halogenated alkanes) is 12. The number of nitrogens with zero attached hydrogens (tertiary/aromatic N) is 2. The number of benzene rings is 2. The second-order valence-corrected chi connectivity index (χ2v) is 20.4. The highest BCUT2D eigenvalue weighted by Crippen LogP contribution is 2.46. The number of amides is 7. The number of hydrogen-bond donors (Lipinski definition) is 8. The molecule has 1 heterocycles. The Kier molecular flexibility index (Phi) is 26.3. The minimum Gasteiger partial charge on any atom is -0.507 e. The Morgan fingerprint density at radius 1 is 0.750 bits per heavy atom. The predicted molar refractivity (Wildman–Crippen MR) is 272 cm³/mol. The van der Waals surface area contributed by atoms with Gasteiger partial charge in [-0.1, -0.05) is 96.1 Å². The molecule has 0 saturated heterocycles. The van der Waals surface area contributed by atoms with Gasteiger partial charge in [-0.3, -0.25) is 38.1 Å². The number of aliphatic hydroxyl groups is 1. The van der Waals surface area contributed by atoms with Crippen molar-refractivity contribution < 1.29 is 62.5 Å². The highest BCUT2D eigenvalue weighted by molar-refractivity contribution is 7.53. The first-order valence-electron chi connectivity index (χ1n) is 25.4. The summed E-state index contributed by atoms with van der Waals surface area (Å²) in [5.41, 5.74) is 0.717. The van der Waals surface area contributed by atoms with Gasteiger partial charge in [-0.05, 0) is 69.5 Å². The Bertz CT molecular complexity index is 2170. The fraction of sp³-hybridized carbons (Fsp3) is 0.627. The van der Waals surface area contributed by atoms with Crippen LogP contribution in [0.4, 0.5) is 0 Å². The van der Waals surface area contributed by atoms with Crippen LogP contribution in [0.25, 0.3) is 11.1 Å². The normalized spacial score (nSPS) is 16.8. The second-order valence-electron chi connectivity index (χ2n) is 18.3. The number of carbonyl (C=O) groups is 7. The zero-order chi connectivity index (χ0) is 53.4. The van der Waals surface area contributed by atoms with Gasteiger partial charge >= 0.3 is 7.60 Å². The van der Waals surface area contributed by atoms with E-state index in [4.69, 9.17) is 9.05 Å². The number of rotatable bonds is 29. The summed E-state index contributed by atoms with van der Waals surface area (Å²) >= 11 is 0. The summed E-state index contributed by atoms with van der Waals surface area (Å²) in [6, 6.07) is 1.74. The molecule has 0 saturated carbocycles. The lowest BCUT2D eigenvalue weighted by Gasteiger charge is -2.30. The Morgan fingerprint density at radius 3 is 1.88 bits per heavy atom. The molecule has 0 unspecified atom stereocenters. The van der Waals surface area contributed by atoms with E-state index >= 15 is 0 Å². The molecule has 402 valence electrons. The van der Waals surface area contributed by atoms with Crippen LogP contribution < -0.4 is 26.6 Å². The molecular weight excluding hydrogens is 950 g/mol. The van der Waals surface area contributed by atoms with Gasteiger partial charge in [-0.15, -0.1) is 0 Å². The van der Waals surface area contributed by atoms with Crippen molar-refractivity contribution in [2.75, 3.05) is 46.7 Å². The second kappa shape index (κ2) is 31.1. The van der Waals surface area contributed by atoms with Crippen LogP contribution in [0.5, 0.6) is 11.5 Å². The lowest BCUT2D eigenvalue weighted by Crippen LogP contribution is -2.56. The van der Waals surface area contributed by atoms with E-state index in [1.807, 2.05) is 0 Å². The molecule has 1 aliphatic rings. The van der Waals surface area contributed by atoms with Crippen molar-refractivity contribution in [2.45, 2.75) is 161 Å². The average molecular weight is 1030 g/mol. The lowest BCUT2D eigenvalue weighted by molar-refractivity contribution is -0.142. The standard InChI is InChI=1S/C51H80N7O13P/c1-8-11-12-13-14-15-16-17-18-19-20-21-22-23-44(62)57(6)41(32-59)50(67)54-34(4)47(64)52-31-45(63)58(7)46-37-25-27-43(61)39(30-37)38-28-36(24-26-42(38)60)29-40(56-48(65)35(5)55-51(46)68)49(66)53-33-72(69,70-9-2)71-10-3/h24-28,30,34-35,40-41,46,59-61H,8-23,29,31-33H2,1-7H3,(H,52,64)(H,53,66)(H,54,67)(H,55,68)(H,56,65)/t34-,35+,40+,41-,46+/m1/s1. The van der Waals surface area contributed by atoms with Crippen LogP contribution >= 0.6 is 7.60 Å². The number of phenols is 2. The fourth-order valence-electron chi connectivity index (χ4n) is 8.32. The number of hydrogen-bond acceptors (Lipinski definition) is 13. The van der Waals surface area contributed by atoms with Gasteiger partial charge < -0.3 is 60.8 Å². The lowest BCUT2D eigenvalue weighted by atomic mass is 9.93. The molecule has 0 fully saturated rings. The Morgan fingerprint density at radius 2 is 1.31 bits per heavy atom. The minimum absolute atomic E-state index is 0.0409. The number of carbonyl (C=O) groups excluding carboxylic acids is 7. The van der Waals surface area contributed by atoms with Crippen LogP contribution in [0.3, 0.4) is 0 Å². The van der Waals surface area contributed by atoms with E-state index in [-0.39, 0.29) is 60.2 Å². The van der Waals surface area contributed by atoms with E-state index in [9.17, 15) is 53.4 Å². The maximum absolute atomic E-state index is 14.2. The number of phenolic OH excluding ortho intramolecular Hbond substituents is 2. The Hall–Kier alpha value is -5.56. The molecular formula is C51H80N7O13P. The molecule has 0 aliphatic carbocycles. The van der Waals surface area contributed by atoms with Crippen molar-refractivity contribution in [2.24, 2.45) is 0 Å².